The first-order valence-electron chi connectivity index (χ1n) is 9.10. The van der Waals surface area contributed by atoms with Gasteiger partial charge >= 0.3 is 0 Å². The van der Waals surface area contributed by atoms with Gasteiger partial charge in [-0.15, -0.1) is 0 Å². The molecule has 2 N–H and O–H groups in total. The lowest BCUT2D eigenvalue weighted by Gasteiger charge is -2.18. The number of fused-ring (bicyclic) bond motifs is 1. The quantitative estimate of drug-likeness (QED) is 0.690. The van der Waals surface area contributed by atoms with Crippen LogP contribution in [0.5, 0.6) is 11.5 Å². The van der Waals surface area contributed by atoms with Crippen LogP contribution in [-0.2, 0) is 16.0 Å². The fourth-order valence-electron chi connectivity index (χ4n) is 2.94. The Labute approximate surface area is 166 Å². The SMILES string of the molecule is CC(=O)Nc1ccc(NC(=O)Cc2cc(-c3ccc4c(c3)OCCO4)on2)cc1. The molecule has 3 aromatic rings. The first-order valence-corrected chi connectivity index (χ1v) is 9.10. The van der Waals surface area contributed by atoms with E-state index in [-0.39, 0.29) is 18.2 Å². The van der Waals surface area contributed by atoms with E-state index in [4.69, 9.17) is 14.0 Å². The number of benzene rings is 2. The van der Waals surface area contributed by atoms with Crippen LogP contribution in [0.25, 0.3) is 11.3 Å². The largest absolute Gasteiger partial charge is 0.486 e. The van der Waals surface area contributed by atoms with Gasteiger partial charge in [-0.05, 0) is 42.5 Å². The van der Waals surface area contributed by atoms with Crippen LogP contribution in [0.4, 0.5) is 11.4 Å². The number of anilines is 2. The molecule has 8 heteroatoms. The molecule has 1 aromatic heterocycles. The fraction of sp³-hybridized carbons (Fsp3) is 0.190. The number of nitrogens with one attached hydrogen (secondary N) is 2. The van der Waals surface area contributed by atoms with Gasteiger partial charge in [0.05, 0.1) is 12.1 Å². The van der Waals surface area contributed by atoms with Crippen LogP contribution < -0.4 is 20.1 Å². The first-order chi connectivity index (χ1) is 14.1. The second-order valence-corrected chi connectivity index (χ2v) is 6.52. The molecule has 0 aliphatic carbocycles. The van der Waals surface area contributed by atoms with Crippen molar-refractivity contribution in [1.29, 1.82) is 0 Å². The Morgan fingerprint density at radius 1 is 0.931 bits per heavy atom. The second-order valence-electron chi connectivity index (χ2n) is 6.52. The minimum absolute atomic E-state index is 0.0709. The predicted molar refractivity (Wildman–Crippen MR) is 106 cm³/mol. The Balaban J connectivity index is 1.38. The summed E-state index contributed by atoms with van der Waals surface area (Å²) in [6, 6.07) is 14.1. The van der Waals surface area contributed by atoms with Crippen LogP contribution >= 0.6 is 0 Å². The molecule has 0 bridgehead atoms. The molecule has 1 aliphatic rings. The summed E-state index contributed by atoms with van der Waals surface area (Å²) in [5.41, 5.74) is 2.60. The molecule has 0 atom stereocenters. The van der Waals surface area contributed by atoms with Gasteiger partial charge in [-0.25, -0.2) is 0 Å². The van der Waals surface area contributed by atoms with Gasteiger partial charge < -0.3 is 24.6 Å². The van der Waals surface area contributed by atoms with E-state index in [2.05, 4.69) is 15.8 Å². The highest BCUT2D eigenvalue weighted by molar-refractivity contribution is 5.93. The van der Waals surface area contributed by atoms with Crippen molar-refractivity contribution in [2.24, 2.45) is 0 Å². The molecule has 2 amide bonds. The normalized spacial score (nSPS) is 12.3. The van der Waals surface area contributed by atoms with E-state index in [1.165, 1.54) is 6.92 Å². The third-order valence-corrected chi connectivity index (χ3v) is 4.22. The standard InChI is InChI=1S/C21H19N3O5/c1-13(25)22-15-3-5-16(6-4-15)23-21(26)12-17-11-19(29-24-17)14-2-7-18-20(10-14)28-9-8-27-18/h2-7,10-11H,8-9,12H2,1H3,(H,22,25)(H,23,26). The van der Waals surface area contributed by atoms with E-state index in [9.17, 15) is 9.59 Å². The zero-order valence-corrected chi connectivity index (χ0v) is 15.7. The number of hydrogen-bond acceptors (Lipinski definition) is 6. The summed E-state index contributed by atoms with van der Waals surface area (Å²) in [5, 5.41) is 9.44. The Bertz CT molecular complexity index is 1040. The summed E-state index contributed by atoms with van der Waals surface area (Å²) in [7, 11) is 0. The fourth-order valence-corrected chi connectivity index (χ4v) is 2.94. The molecule has 0 fully saturated rings. The zero-order valence-electron chi connectivity index (χ0n) is 15.7. The summed E-state index contributed by atoms with van der Waals surface area (Å²) in [5.74, 6) is 1.53. The molecule has 1 aliphatic heterocycles. The molecule has 0 unspecified atom stereocenters. The number of amides is 2. The van der Waals surface area contributed by atoms with Gasteiger partial charge in [0.25, 0.3) is 0 Å². The molecule has 0 saturated heterocycles. The molecular weight excluding hydrogens is 374 g/mol. The molecule has 8 nitrogen and oxygen atoms in total. The van der Waals surface area contributed by atoms with Crippen LogP contribution in [0, 0.1) is 0 Å². The van der Waals surface area contributed by atoms with Crippen molar-refractivity contribution in [2.45, 2.75) is 13.3 Å². The highest BCUT2D eigenvalue weighted by Crippen LogP contribution is 2.34. The monoisotopic (exact) mass is 393 g/mol. The Kier molecular flexibility index (Phi) is 5.15. The van der Waals surface area contributed by atoms with Crippen LogP contribution in [0.1, 0.15) is 12.6 Å². The van der Waals surface area contributed by atoms with E-state index in [0.717, 1.165) is 5.56 Å². The van der Waals surface area contributed by atoms with Crippen molar-refractivity contribution < 1.29 is 23.6 Å². The predicted octanol–water partition coefficient (Wildman–Crippen LogP) is 3.25. The Morgan fingerprint density at radius 3 is 2.34 bits per heavy atom. The zero-order chi connectivity index (χ0) is 20.2. The van der Waals surface area contributed by atoms with Crippen molar-refractivity contribution in [1.82, 2.24) is 5.16 Å². The van der Waals surface area contributed by atoms with Gasteiger partial charge in [0.1, 0.15) is 13.2 Å². The summed E-state index contributed by atoms with van der Waals surface area (Å²) >= 11 is 0. The van der Waals surface area contributed by atoms with Crippen molar-refractivity contribution in [3.8, 4) is 22.8 Å². The van der Waals surface area contributed by atoms with Gasteiger partial charge in [0, 0.05) is 29.9 Å². The highest BCUT2D eigenvalue weighted by atomic mass is 16.6. The van der Waals surface area contributed by atoms with Gasteiger partial charge in [-0.2, -0.15) is 0 Å². The van der Waals surface area contributed by atoms with Crippen molar-refractivity contribution >= 4 is 23.2 Å². The molecule has 0 radical (unpaired) electrons. The number of rotatable bonds is 5. The van der Waals surface area contributed by atoms with Crippen LogP contribution in [0.3, 0.4) is 0 Å². The third-order valence-electron chi connectivity index (χ3n) is 4.22. The lowest BCUT2D eigenvalue weighted by molar-refractivity contribution is -0.116. The molecule has 4 rings (SSSR count). The smallest absolute Gasteiger partial charge is 0.230 e. The number of carbonyl (C=O) groups is 2. The van der Waals surface area contributed by atoms with Gasteiger partial charge in [-0.3, -0.25) is 9.59 Å². The van der Waals surface area contributed by atoms with Gasteiger partial charge in [-0.1, -0.05) is 5.16 Å². The van der Waals surface area contributed by atoms with E-state index in [1.807, 2.05) is 18.2 Å². The summed E-state index contributed by atoms with van der Waals surface area (Å²) < 4.78 is 16.5. The number of nitrogens with zero attached hydrogens (tertiary/aromatic N) is 1. The summed E-state index contributed by atoms with van der Waals surface area (Å²) in [6.07, 6.45) is 0.0709. The summed E-state index contributed by atoms with van der Waals surface area (Å²) in [6.45, 7) is 2.47. The lowest BCUT2D eigenvalue weighted by Crippen LogP contribution is -2.15. The maximum absolute atomic E-state index is 12.3. The maximum atomic E-state index is 12.3. The van der Waals surface area contributed by atoms with E-state index < -0.39 is 0 Å². The van der Waals surface area contributed by atoms with Crippen molar-refractivity contribution in [3.63, 3.8) is 0 Å². The highest BCUT2D eigenvalue weighted by Gasteiger charge is 2.16. The lowest BCUT2D eigenvalue weighted by atomic mass is 10.1. The Morgan fingerprint density at radius 2 is 1.62 bits per heavy atom. The Hall–Kier alpha value is -3.81. The van der Waals surface area contributed by atoms with E-state index in [0.29, 0.717) is 47.5 Å². The van der Waals surface area contributed by atoms with Crippen LogP contribution in [-0.4, -0.2) is 30.2 Å². The number of aromatic nitrogens is 1. The van der Waals surface area contributed by atoms with Crippen molar-refractivity contribution in [3.05, 3.63) is 54.2 Å². The molecule has 148 valence electrons. The molecule has 0 spiro atoms. The van der Waals surface area contributed by atoms with Crippen molar-refractivity contribution in [2.75, 3.05) is 23.8 Å². The third kappa shape index (κ3) is 4.55. The molecule has 2 aromatic carbocycles. The average molecular weight is 393 g/mol. The number of hydrogen-bond donors (Lipinski definition) is 2. The second kappa shape index (κ2) is 8.05. The first kappa shape index (κ1) is 18.5. The van der Waals surface area contributed by atoms with E-state index in [1.54, 1.807) is 30.3 Å². The van der Waals surface area contributed by atoms with Crippen LogP contribution in [0.15, 0.2) is 53.1 Å². The average Bonchev–Trinajstić information content (AvgIpc) is 3.17. The minimum Gasteiger partial charge on any atom is -0.486 e. The van der Waals surface area contributed by atoms with Crippen LogP contribution in [0.2, 0.25) is 0 Å². The minimum atomic E-state index is -0.223. The molecule has 2 heterocycles. The summed E-state index contributed by atoms with van der Waals surface area (Å²) in [4.78, 5) is 23.3. The number of ether oxygens (including phenoxy) is 2. The van der Waals surface area contributed by atoms with Gasteiger partial charge in [0.2, 0.25) is 11.8 Å². The molecular formula is C21H19N3O5. The number of carbonyl (C=O) groups excluding carboxylic acids is 2. The van der Waals surface area contributed by atoms with E-state index >= 15 is 0 Å². The maximum Gasteiger partial charge on any atom is 0.230 e. The topological polar surface area (TPSA) is 103 Å². The molecule has 0 saturated carbocycles. The molecule has 29 heavy (non-hydrogen) atoms. The van der Waals surface area contributed by atoms with Gasteiger partial charge in [0.15, 0.2) is 17.3 Å².